The first-order valence-corrected chi connectivity index (χ1v) is 28.1. The first-order chi connectivity index (χ1) is 40.6. The Morgan fingerprint density at radius 2 is 0.610 bits per heavy atom. The lowest BCUT2D eigenvalue weighted by atomic mass is 9.90. The third kappa shape index (κ3) is 7.62. The van der Waals surface area contributed by atoms with Crippen LogP contribution in [0.25, 0.3) is 150 Å². The van der Waals surface area contributed by atoms with Crippen molar-refractivity contribution in [2.24, 2.45) is 0 Å². The molecule has 0 aliphatic rings. The normalized spacial score (nSPS) is 11.7. The summed E-state index contributed by atoms with van der Waals surface area (Å²) in [5.74, 6) is 0.628. The van der Waals surface area contributed by atoms with E-state index in [9.17, 15) is 0 Å². The number of fused-ring (bicyclic) bond motifs is 9. The molecule has 0 spiro atoms. The molecule has 0 aliphatic carbocycles. The lowest BCUT2D eigenvalue weighted by Gasteiger charge is -2.24. The van der Waals surface area contributed by atoms with Crippen molar-refractivity contribution in [3.8, 4) is 84.3 Å². The van der Waals surface area contributed by atoms with E-state index in [-0.39, 0.29) is 0 Å². The molecule has 5 nitrogen and oxygen atoms in total. The molecule has 0 atom stereocenters. The zero-order valence-corrected chi connectivity index (χ0v) is 44.9. The van der Waals surface area contributed by atoms with Gasteiger partial charge in [0.2, 0.25) is 0 Å². The molecule has 0 N–H and O–H groups in total. The van der Waals surface area contributed by atoms with Gasteiger partial charge < -0.3 is 13.7 Å². The Balaban J connectivity index is 1.09. The van der Waals surface area contributed by atoms with Crippen molar-refractivity contribution in [1.82, 2.24) is 23.7 Å². The molecular formula is C77H51N5. The molecular weight excluding hydrogens is 995 g/mol. The second-order valence-electron chi connectivity index (χ2n) is 21.3. The molecule has 16 aromatic rings. The van der Waals surface area contributed by atoms with Crippen LogP contribution >= 0.6 is 0 Å². The van der Waals surface area contributed by atoms with Gasteiger partial charge in [-0.2, -0.15) is 0 Å². The van der Waals surface area contributed by atoms with Gasteiger partial charge in [-0.3, -0.25) is 0 Å². The molecule has 82 heavy (non-hydrogen) atoms. The predicted molar refractivity (Wildman–Crippen MR) is 342 cm³/mol. The van der Waals surface area contributed by atoms with Gasteiger partial charge in [-0.1, -0.05) is 224 Å². The number of aryl methyl sites for hydroxylation is 1. The molecule has 0 saturated carbocycles. The summed E-state index contributed by atoms with van der Waals surface area (Å²) in [7, 11) is 0. The van der Waals surface area contributed by atoms with Crippen molar-refractivity contribution in [2.45, 2.75) is 6.92 Å². The third-order valence-corrected chi connectivity index (χ3v) is 16.5. The minimum atomic E-state index is 0.628. The summed E-state index contributed by atoms with van der Waals surface area (Å²) in [6.45, 7) is 2.15. The molecule has 0 bridgehead atoms. The number of aromatic nitrogens is 5. The van der Waals surface area contributed by atoms with Crippen molar-refractivity contribution >= 4 is 65.4 Å². The lowest BCUT2D eigenvalue weighted by molar-refractivity contribution is 1.15. The number of benzene rings is 12. The van der Waals surface area contributed by atoms with Crippen LogP contribution < -0.4 is 0 Å². The van der Waals surface area contributed by atoms with Gasteiger partial charge in [0.05, 0.1) is 61.6 Å². The molecule has 12 aromatic carbocycles. The van der Waals surface area contributed by atoms with E-state index in [1.54, 1.807) is 0 Å². The van der Waals surface area contributed by atoms with Gasteiger partial charge >= 0.3 is 0 Å². The van der Waals surface area contributed by atoms with Crippen molar-refractivity contribution < 1.29 is 0 Å². The number of para-hydroxylation sites is 7. The average Bonchev–Trinajstić information content (AvgIpc) is 3.69. The van der Waals surface area contributed by atoms with Crippen LogP contribution in [0.4, 0.5) is 0 Å². The van der Waals surface area contributed by atoms with E-state index in [0.29, 0.717) is 5.82 Å². The molecule has 16 rings (SSSR count). The molecule has 4 heterocycles. The van der Waals surface area contributed by atoms with Gasteiger partial charge in [-0.15, -0.1) is 0 Å². The zero-order chi connectivity index (χ0) is 54.3. The van der Waals surface area contributed by atoms with Crippen LogP contribution in [0.15, 0.2) is 291 Å². The molecule has 0 amide bonds. The van der Waals surface area contributed by atoms with Crippen LogP contribution in [0.5, 0.6) is 0 Å². The minimum Gasteiger partial charge on any atom is -0.309 e. The molecule has 5 heteroatoms. The topological polar surface area (TPSA) is 40.6 Å². The summed E-state index contributed by atoms with van der Waals surface area (Å²) < 4.78 is 7.46. The Hall–Kier alpha value is -10.9. The number of nitrogens with zero attached hydrogens (tertiary/aromatic N) is 5. The van der Waals surface area contributed by atoms with Crippen LogP contribution in [-0.2, 0) is 0 Å². The monoisotopic (exact) mass is 1050 g/mol. The van der Waals surface area contributed by atoms with E-state index in [4.69, 9.17) is 9.97 Å². The fourth-order valence-electron chi connectivity index (χ4n) is 12.8. The molecule has 0 unspecified atom stereocenters. The highest BCUT2D eigenvalue weighted by Gasteiger charge is 2.27. The maximum atomic E-state index is 5.59. The van der Waals surface area contributed by atoms with Crippen molar-refractivity contribution in [3.05, 3.63) is 297 Å². The van der Waals surface area contributed by atoms with Crippen LogP contribution in [0.2, 0.25) is 0 Å². The maximum absolute atomic E-state index is 5.59. The highest BCUT2D eigenvalue weighted by molar-refractivity contribution is 6.14. The zero-order valence-electron chi connectivity index (χ0n) is 44.9. The van der Waals surface area contributed by atoms with E-state index in [1.165, 1.54) is 49.0 Å². The number of rotatable bonds is 9. The Kier molecular flexibility index (Phi) is 11.0. The summed E-state index contributed by atoms with van der Waals surface area (Å²) in [6.07, 6.45) is 0. The summed E-state index contributed by atoms with van der Waals surface area (Å²) in [5, 5.41) is 7.16. The summed E-state index contributed by atoms with van der Waals surface area (Å²) in [5.41, 5.74) is 22.3. The van der Waals surface area contributed by atoms with Crippen LogP contribution in [0.3, 0.4) is 0 Å². The number of hydrogen-bond donors (Lipinski definition) is 0. The first kappa shape index (κ1) is 47.1. The van der Waals surface area contributed by atoms with Crippen LogP contribution in [0.1, 0.15) is 5.56 Å². The van der Waals surface area contributed by atoms with Crippen molar-refractivity contribution in [2.75, 3.05) is 0 Å². The molecule has 4 aromatic heterocycles. The lowest BCUT2D eigenvalue weighted by Crippen LogP contribution is -2.06. The fraction of sp³-hybridized carbons (Fsp3) is 0.0130. The molecule has 384 valence electrons. The smallest absolute Gasteiger partial charge is 0.160 e. The average molecular weight is 1050 g/mol. The van der Waals surface area contributed by atoms with Gasteiger partial charge in [-0.25, -0.2) is 9.97 Å². The Morgan fingerprint density at radius 1 is 0.244 bits per heavy atom. The summed E-state index contributed by atoms with van der Waals surface area (Å²) >= 11 is 0. The quantitative estimate of drug-likeness (QED) is 0.145. The summed E-state index contributed by atoms with van der Waals surface area (Å²) in [6, 6.07) is 106. The van der Waals surface area contributed by atoms with Gasteiger partial charge in [0.15, 0.2) is 5.82 Å². The van der Waals surface area contributed by atoms with Gasteiger partial charge in [0, 0.05) is 71.3 Å². The minimum absolute atomic E-state index is 0.628. The SMILES string of the molecule is Cc1ccc(-c2ccc3c(c2)c2ccccc2n3-c2c(-c3ccccc3-n3c4ccccc4c4ccccc43)cc(-c3nc(-c4ccccc4)cc(-c4ccccc4)n3)cc2-c2ccccc2-n2c3ccccc3c3ccccc32)cc1. The van der Waals surface area contributed by atoms with Gasteiger partial charge in [0.1, 0.15) is 0 Å². The maximum Gasteiger partial charge on any atom is 0.160 e. The molecule has 0 saturated heterocycles. The highest BCUT2D eigenvalue weighted by atomic mass is 15.0. The Bertz CT molecular complexity index is 4820. The van der Waals surface area contributed by atoms with E-state index in [2.05, 4.69) is 312 Å². The Labute approximate surface area is 474 Å². The third-order valence-electron chi connectivity index (χ3n) is 16.5. The molecule has 0 aliphatic heterocycles. The van der Waals surface area contributed by atoms with Crippen molar-refractivity contribution in [3.63, 3.8) is 0 Å². The fourth-order valence-corrected chi connectivity index (χ4v) is 12.8. The van der Waals surface area contributed by atoms with E-state index >= 15 is 0 Å². The molecule has 0 radical (unpaired) electrons. The summed E-state index contributed by atoms with van der Waals surface area (Å²) in [4.78, 5) is 11.2. The number of hydrogen-bond acceptors (Lipinski definition) is 2. The molecule has 0 fully saturated rings. The second kappa shape index (κ2) is 19.2. The standard InChI is InChI=1S/C77H51N5/c1-50-40-42-51(43-41-50)54-44-45-75-63(46-54)60-30-12-21-39-74(60)82(75)76-64(61-31-13-19-37-72(61)80-68-33-15-8-26-56(68)57-27-9-16-34-69(57)80)47-55(77-78-66(52-22-4-2-5-23-52)49-67(79-77)53-24-6-3-7-25-53)48-65(76)62-32-14-20-38-73(62)81-70-35-17-10-28-58(70)59-29-11-18-36-71(59)81/h2-49H,1H3. The van der Waals surface area contributed by atoms with Crippen LogP contribution in [-0.4, -0.2) is 23.7 Å². The largest absolute Gasteiger partial charge is 0.309 e. The van der Waals surface area contributed by atoms with E-state index < -0.39 is 0 Å². The van der Waals surface area contributed by atoms with E-state index in [1.807, 2.05) is 0 Å². The van der Waals surface area contributed by atoms with Crippen molar-refractivity contribution in [1.29, 1.82) is 0 Å². The highest BCUT2D eigenvalue weighted by Crippen LogP contribution is 2.49. The van der Waals surface area contributed by atoms with E-state index in [0.717, 1.165) is 100 Å². The first-order valence-electron chi connectivity index (χ1n) is 28.1. The second-order valence-corrected chi connectivity index (χ2v) is 21.3. The van der Waals surface area contributed by atoms with Gasteiger partial charge in [-0.05, 0) is 90.8 Å². The Morgan fingerprint density at radius 3 is 1.07 bits per heavy atom. The van der Waals surface area contributed by atoms with Crippen LogP contribution in [0, 0.1) is 6.92 Å². The van der Waals surface area contributed by atoms with Gasteiger partial charge in [0.25, 0.3) is 0 Å². The predicted octanol–water partition coefficient (Wildman–Crippen LogP) is 20.1.